The Kier molecular flexibility index (Phi) is 4.81. The maximum atomic E-state index is 14.5. The molecule has 0 bridgehead atoms. The molecule has 5 aromatic heterocycles. The second kappa shape index (κ2) is 8.34. The van der Waals surface area contributed by atoms with Crippen molar-refractivity contribution in [2.75, 3.05) is 5.32 Å². The minimum Gasteiger partial charge on any atom is -0.353 e. The average molecular weight is 490 g/mol. The molecule has 0 radical (unpaired) electrons. The highest BCUT2D eigenvalue weighted by molar-refractivity contribution is 6.00. The molecule has 1 amide bonds. The number of hydrogen-bond donors (Lipinski definition) is 3. The van der Waals surface area contributed by atoms with Crippen LogP contribution in [0.4, 0.5) is 10.1 Å². The standard InChI is InChI=1S/C28H20FN7O/c29-22-4-2-1-3-19(22)25-20-11-24(34-23(20)7-8-31-25)26-21-10-17(13-32-27(21)36-35-26)16-9-18(14-30-12-16)33-28(37)15-5-6-15/h1-4,7-15,34H,5-6H2,(H,33,37)(H,32,35,36). The minimum atomic E-state index is -0.324. The molecule has 7 rings (SSSR count). The van der Waals surface area contributed by atoms with Crippen LogP contribution < -0.4 is 5.32 Å². The number of amides is 1. The summed E-state index contributed by atoms with van der Waals surface area (Å²) in [6, 6.07) is 14.3. The lowest BCUT2D eigenvalue weighted by Crippen LogP contribution is -2.13. The Hall–Kier alpha value is -4.92. The van der Waals surface area contributed by atoms with Gasteiger partial charge in [0.1, 0.15) is 5.82 Å². The number of pyridine rings is 3. The summed E-state index contributed by atoms with van der Waals surface area (Å²) in [4.78, 5) is 28.9. The van der Waals surface area contributed by atoms with Gasteiger partial charge >= 0.3 is 0 Å². The number of aromatic nitrogens is 6. The molecule has 37 heavy (non-hydrogen) atoms. The summed E-state index contributed by atoms with van der Waals surface area (Å²) in [6.07, 6.45) is 8.66. The molecule has 1 saturated carbocycles. The smallest absolute Gasteiger partial charge is 0.227 e. The van der Waals surface area contributed by atoms with Crippen molar-refractivity contribution in [3.05, 3.63) is 79.1 Å². The van der Waals surface area contributed by atoms with Crippen LogP contribution in [0.25, 0.3) is 55.7 Å². The number of benzene rings is 1. The molecule has 9 heteroatoms. The average Bonchev–Trinajstić information content (AvgIpc) is 3.55. The van der Waals surface area contributed by atoms with Crippen molar-refractivity contribution in [1.29, 1.82) is 0 Å². The zero-order valence-electron chi connectivity index (χ0n) is 19.5. The third kappa shape index (κ3) is 3.81. The van der Waals surface area contributed by atoms with Gasteiger partial charge in [0.15, 0.2) is 5.65 Å². The lowest BCUT2D eigenvalue weighted by Gasteiger charge is -2.07. The largest absolute Gasteiger partial charge is 0.353 e. The van der Waals surface area contributed by atoms with Gasteiger partial charge in [-0.15, -0.1) is 0 Å². The van der Waals surface area contributed by atoms with Gasteiger partial charge in [-0.05, 0) is 49.2 Å². The first-order valence-electron chi connectivity index (χ1n) is 12.0. The first kappa shape index (κ1) is 21.4. The van der Waals surface area contributed by atoms with E-state index < -0.39 is 0 Å². The minimum absolute atomic E-state index is 0.0349. The quantitative estimate of drug-likeness (QED) is 0.287. The summed E-state index contributed by atoms with van der Waals surface area (Å²) < 4.78 is 14.5. The number of carbonyl (C=O) groups excluding carboxylic acids is 1. The lowest BCUT2D eigenvalue weighted by molar-refractivity contribution is -0.117. The number of nitrogens with one attached hydrogen (secondary N) is 3. The lowest BCUT2D eigenvalue weighted by atomic mass is 10.1. The molecule has 6 aromatic rings. The molecule has 0 unspecified atom stereocenters. The fraction of sp³-hybridized carbons (Fsp3) is 0.107. The van der Waals surface area contributed by atoms with Gasteiger partial charge in [-0.3, -0.25) is 19.9 Å². The molecular formula is C28H20FN7O. The van der Waals surface area contributed by atoms with Gasteiger partial charge in [-0.2, -0.15) is 5.10 Å². The fourth-order valence-electron chi connectivity index (χ4n) is 4.58. The van der Waals surface area contributed by atoms with Crippen LogP contribution in [0, 0.1) is 11.7 Å². The van der Waals surface area contributed by atoms with E-state index in [9.17, 15) is 9.18 Å². The molecule has 0 aliphatic heterocycles. The molecule has 3 N–H and O–H groups in total. The fourth-order valence-corrected chi connectivity index (χ4v) is 4.58. The van der Waals surface area contributed by atoms with Crippen molar-refractivity contribution in [2.45, 2.75) is 12.8 Å². The van der Waals surface area contributed by atoms with Gasteiger partial charge < -0.3 is 10.3 Å². The summed E-state index contributed by atoms with van der Waals surface area (Å²) in [5, 5.41) is 12.0. The number of halogens is 1. The summed E-state index contributed by atoms with van der Waals surface area (Å²) in [7, 11) is 0. The normalized spacial score (nSPS) is 13.3. The van der Waals surface area contributed by atoms with E-state index in [1.807, 2.05) is 24.3 Å². The molecule has 5 heterocycles. The van der Waals surface area contributed by atoms with Gasteiger partial charge in [0.25, 0.3) is 0 Å². The molecule has 180 valence electrons. The Morgan fingerprint density at radius 1 is 0.973 bits per heavy atom. The van der Waals surface area contributed by atoms with Gasteiger partial charge in [0.05, 0.1) is 29.0 Å². The summed E-state index contributed by atoms with van der Waals surface area (Å²) in [5.41, 5.74) is 6.28. The van der Waals surface area contributed by atoms with E-state index in [2.05, 4.69) is 35.5 Å². The van der Waals surface area contributed by atoms with Crippen LogP contribution in [-0.2, 0) is 4.79 Å². The Morgan fingerprint density at radius 2 is 1.84 bits per heavy atom. The summed E-state index contributed by atoms with van der Waals surface area (Å²) in [5.74, 6) is -0.177. The van der Waals surface area contributed by atoms with Crippen LogP contribution in [0.3, 0.4) is 0 Å². The number of hydrogen-bond acceptors (Lipinski definition) is 5. The number of fused-ring (bicyclic) bond motifs is 2. The van der Waals surface area contributed by atoms with Crippen molar-refractivity contribution >= 4 is 33.5 Å². The van der Waals surface area contributed by atoms with Crippen molar-refractivity contribution in [3.8, 4) is 33.8 Å². The van der Waals surface area contributed by atoms with Crippen LogP contribution in [0.2, 0.25) is 0 Å². The first-order valence-corrected chi connectivity index (χ1v) is 12.0. The Labute approximate surface area is 210 Å². The predicted octanol–water partition coefficient (Wildman–Crippen LogP) is 5.72. The molecule has 1 aliphatic rings. The Bertz CT molecular complexity index is 1820. The highest BCUT2D eigenvalue weighted by Gasteiger charge is 2.29. The van der Waals surface area contributed by atoms with E-state index in [4.69, 9.17) is 0 Å². The van der Waals surface area contributed by atoms with Crippen molar-refractivity contribution in [2.24, 2.45) is 5.92 Å². The number of aromatic amines is 2. The molecule has 1 aliphatic carbocycles. The SMILES string of the molecule is O=C(Nc1cncc(-c2cnc3n[nH]c(-c4cc5c(-c6ccccc6F)nccc5[nH]4)c3c2)c1)C1CC1. The number of rotatable bonds is 5. The molecule has 0 atom stereocenters. The van der Waals surface area contributed by atoms with Crippen LogP contribution >= 0.6 is 0 Å². The zero-order chi connectivity index (χ0) is 24.9. The molecule has 1 aromatic carbocycles. The van der Waals surface area contributed by atoms with E-state index in [-0.39, 0.29) is 17.6 Å². The number of H-pyrrole nitrogens is 2. The van der Waals surface area contributed by atoms with Crippen molar-refractivity contribution in [1.82, 2.24) is 30.1 Å². The number of anilines is 1. The number of carbonyl (C=O) groups is 1. The summed E-state index contributed by atoms with van der Waals surface area (Å²) >= 11 is 0. The van der Waals surface area contributed by atoms with Crippen molar-refractivity contribution in [3.63, 3.8) is 0 Å². The van der Waals surface area contributed by atoms with E-state index >= 15 is 0 Å². The maximum absolute atomic E-state index is 14.5. The highest BCUT2D eigenvalue weighted by atomic mass is 19.1. The van der Waals surface area contributed by atoms with Crippen LogP contribution in [0.5, 0.6) is 0 Å². The third-order valence-corrected chi connectivity index (χ3v) is 6.64. The van der Waals surface area contributed by atoms with Crippen LogP contribution in [-0.4, -0.2) is 36.0 Å². The first-order chi connectivity index (χ1) is 18.1. The second-order valence-corrected chi connectivity index (χ2v) is 9.20. The summed E-state index contributed by atoms with van der Waals surface area (Å²) in [6.45, 7) is 0. The van der Waals surface area contributed by atoms with E-state index in [0.29, 0.717) is 22.6 Å². The van der Waals surface area contributed by atoms with Gasteiger partial charge in [0.2, 0.25) is 5.91 Å². The van der Waals surface area contributed by atoms with Gasteiger partial charge in [-0.25, -0.2) is 9.37 Å². The van der Waals surface area contributed by atoms with E-state index in [0.717, 1.165) is 51.6 Å². The second-order valence-electron chi connectivity index (χ2n) is 9.20. The molecular weight excluding hydrogens is 469 g/mol. The Morgan fingerprint density at radius 3 is 2.70 bits per heavy atom. The molecule has 8 nitrogen and oxygen atoms in total. The Balaban J connectivity index is 1.29. The number of nitrogens with zero attached hydrogens (tertiary/aromatic N) is 4. The zero-order valence-corrected chi connectivity index (χ0v) is 19.5. The molecule has 0 spiro atoms. The van der Waals surface area contributed by atoms with Gasteiger partial charge in [-0.1, -0.05) is 12.1 Å². The van der Waals surface area contributed by atoms with E-state index in [1.54, 1.807) is 43.0 Å². The topological polar surface area (TPSA) is 112 Å². The van der Waals surface area contributed by atoms with Crippen LogP contribution in [0.15, 0.2) is 73.3 Å². The molecule has 0 saturated heterocycles. The maximum Gasteiger partial charge on any atom is 0.227 e. The molecule has 1 fully saturated rings. The van der Waals surface area contributed by atoms with Crippen LogP contribution in [0.1, 0.15) is 12.8 Å². The van der Waals surface area contributed by atoms with Gasteiger partial charge in [0, 0.05) is 57.5 Å². The monoisotopic (exact) mass is 489 g/mol. The third-order valence-electron chi connectivity index (χ3n) is 6.64. The van der Waals surface area contributed by atoms with E-state index in [1.165, 1.54) is 6.07 Å². The highest BCUT2D eigenvalue weighted by Crippen LogP contribution is 2.35. The predicted molar refractivity (Wildman–Crippen MR) is 139 cm³/mol. The van der Waals surface area contributed by atoms with Crippen molar-refractivity contribution < 1.29 is 9.18 Å².